The van der Waals surface area contributed by atoms with Crippen LogP contribution in [0.15, 0.2) is 28.7 Å². The molecule has 0 saturated carbocycles. The second kappa shape index (κ2) is 7.95. The molecule has 0 aliphatic carbocycles. The molecule has 1 heterocycles. The molecule has 0 aromatic heterocycles. The van der Waals surface area contributed by atoms with Crippen LogP contribution < -0.4 is 5.32 Å². The molecule has 0 radical (unpaired) electrons. The molecule has 116 valence electrons. The number of amides is 2. The summed E-state index contributed by atoms with van der Waals surface area (Å²) < 4.78 is 0.932. The van der Waals surface area contributed by atoms with Gasteiger partial charge in [0.25, 0.3) is 0 Å². The molecule has 1 aromatic rings. The van der Waals surface area contributed by atoms with Gasteiger partial charge in [-0.15, -0.1) is 0 Å². The van der Waals surface area contributed by atoms with Crippen LogP contribution in [-0.2, 0) is 16.0 Å². The lowest BCUT2D eigenvalue weighted by molar-refractivity contribution is -0.131. The van der Waals surface area contributed by atoms with Crippen LogP contribution in [0, 0.1) is 11.3 Å². The van der Waals surface area contributed by atoms with Crippen LogP contribution in [-0.4, -0.2) is 35.8 Å². The largest absolute Gasteiger partial charge is 0.353 e. The molecule has 0 bridgehead atoms. The molecule has 1 saturated heterocycles. The van der Waals surface area contributed by atoms with Gasteiger partial charge in [0.2, 0.25) is 11.8 Å². The summed E-state index contributed by atoms with van der Waals surface area (Å²) in [6.45, 7) is 1.20. The highest BCUT2D eigenvalue weighted by Crippen LogP contribution is 2.17. The smallest absolute Gasteiger partial charge is 0.236 e. The van der Waals surface area contributed by atoms with E-state index in [1.807, 2.05) is 30.3 Å². The number of rotatable bonds is 4. The van der Waals surface area contributed by atoms with Gasteiger partial charge in [0, 0.05) is 23.6 Å². The van der Waals surface area contributed by atoms with Crippen molar-refractivity contribution in [2.45, 2.75) is 31.7 Å². The molecule has 1 N–H and O–H groups in total. The van der Waals surface area contributed by atoms with Crippen molar-refractivity contribution >= 4 is 27.7 Å². The highest BCUT2D eigenvalue weighted by atomic mass is 79.9. The molecular formula is C16H18BrN3O2. The Morgan fingerprint density at radius 3 is 2.64 bits per heavy atom. The van der Waals surface area contributed by atoms with Crippen molar-refractivity contribution in [2.75, 3.05) is 13.1 Å². The zero-order valence-electron chi connectivity index (χ0n) is 12.2. The quantitative estimate of drug-likeness (QED) is 0.888. The monoisotopic (exact) mass is 363 g/mol. The SMILES string of the molecule is N#CCC(=O)N1CCC(NC(=O)Cc2ccccc2Br)CC1. The zero-order chi connectivity index (χ0) is 15.9. The highest BCUT2D eigenvalue weighted by Gasteiger charge is 2.23. The minimum atomic E-state index is -0.125. The summed E-state index contributed by atoms with van der Waals surface area (Å²) in [5, 5.41) is 11.6. The van der Waals surface area contributed by atoms with Crippen LogP contribution in [0.3, 0.4) is 0 Å². The Kier molecular flexibility index (Phi) is 5.96. The number of nitrogens with one attached hydrogen (secondary N) is 1. The maximum Gasteiger partial charge on any atom is 0.236 e. The molecule has 0 spiro atoms. The number of carbonyl (C=O) groups excluding carboxylic acids is 2. The van der Waals surface area contributed by atoms with Gasteiger partial charge in [-0.25, -0.2) is 0 Å². The predicted molar refractivity (Wildman–Crippen MR) is 85.8 cm³/mol. The van der Waals surface area contributed by atoms with Crippen molar-refractivity contribution in [2.24, 2.45) is 0 Å². The van der Waals surface area contributed by atoms with Crippen molar-refractivity contribution in [3.05, 3.63) is 34.3 Å². The first-order valence-corrected chi connectivity index (χ1v) is 8.07. The predicted octanol–water partition coefficient (Wildman–Crippen LogP) is 2.01. The lowest BCUT2D eigenvalue weighted by Crippen LogP contribution is -2.46. The number of hydrogen-bond acceptors (Lipinski definition) is 3. The number of likely N-dealkylation sites (tertiary alicyclic amines) is 1. The summed E-state index contributed by atoms with van der Waals surface area (Å²) in [6, 6.07) is 9.64. The van der Waals surface area contributed by atoms with Crippen LogP contribution >= 0.6 is 15.9 Å². The third kappa shape index (κ3) is 4.57. The first kappa shape index (κ1) is 16.5. The minimum absolute atomic E-state index is 0.00583. The molecule has 5 nitrogen and oxygen atoms in total. The normalized spacial score (nSPS) is 15.2. The summed E-state index contributed by atoms with van der Waals surface area (Å²) in [4.78, 5) is 25.4. The van der Waals surface area contributed by atoms with E-state index in [1.165, 1.54) is 0 Å². The fourth-order valence-electron chi connectivity index (χ4n) is 2.55. The van der Waals surface area contributed by atoms with Crippen LogP contribution in [0.1, 0.15) is 24.8 Å². The molecule has 1 aromatic carbocycles. The molecule has 1 fully saturated rings. The van der Waals surface area contributed by atoms with E-state index in [9.17, 15) is 9.59 Å². The summed E-state index contributed by atoms with van der Waals surface area (Å²) in [5.74, 6) is -0.130. The molecule has 2 amide bonds. The van der Waals surface area contributed by atoms with Gasteiger partial charge < -0.3 is 10.2 Å². The molecule has 1 aliphatic rings. The summed E-state index contributed by atoms with van der Waals surface area (Å²) in [7, 11) is 0. The second-order valence-electron chi connectivity index (χ2n) is 5.33. The number of benzene rings is 1. The molecule has 6 heteroatoms. The van der Waals surface area contributed by atoms with E-state index in [4.69, 9.17) is 5.26 Å². The molecule has 1 aliphatic heterocycles. The molecule has 22 heavy (non-hydrogen) atoms. The summed E-state index contributed by atoms with van der Waals surface area (Å²) in [6.07, 6.45) is 1.74. The molecule has 2 rings (SSSR count). The van der Waals surface area contributed by atoms with E-state index < -0.39 is 0 Å². The number of piperidine rings is 1. The Bertz CT molecular complexity index is 589. The number of halogens is 1. The average Bonchev–Trinajstić information content (AvgIpc) is 2.50. The third-order valence-electron chi connectivity index (χ3n) is 3.75. The Balaban J connectivity index is 1.79. The van der Waals surface area contributed by atoms with E-state index in [0.29, 0.717) is 19.5 Å². The van der Waals surface area contributed by atoms with E-state index >= 15 is 0 Å². The van der Waals surface area contributed by atoms with Gasteiger partial charge in [-0.05, 0) is 24.5 Å². The van der Waals surface area contributed by atoms with Crippen molar-refractivity contribution < 1.29 is 9.59 Å². The van der Waals surface area contributed by atoms with Crippen molar-refractivity contribution in [3.63, 3.8) is 0 Å². The Labute approximate surface area is 138 Å². The summed E-state index contributed by atoms with van der Waals surface area (Å²) >= 11 is 3.44. The Hall–Kier alpha value is -1.87. The highest BCUT2D eigenvalue weighted by molar-refractivity contribution is 9.10. The standard InChI is InChI=1S/C16H18BrN3O2/c17-14-4-2-1-3-12(14)11-15(21)19-13-6-9-20(10-7-13)16(22)5-8-18/h1-4,13H,5-7,9-11H2,(H,19,21). The van der Waals surface area contributed by atoms with E-state index in [1.54, 1.807) is 4.90 Å². The number of hydrogen-bond donors (Lipinski definition) is 1. The van der Waals surface area contributed by atoms with Crippen molar-refractivity contribution in [3.8, 4) is 6.07 Å². The van der Waals surface area contributed by atoms with Gasteiger partial charge in [-0.1, -0.05) is 34.1 Å². The molecule has 0 unspecified atom stereocenters. The minimum Gasteiger partial charge on any atom is -0.353 e. The lowest BCUT2D eigenvalue weighted by Gasteiger charge is -2.32. The topological polar surface area (TPSA) is 73.2 Å². The van der Waals surface area contributed by atoms with E-state index in [-0.39, 0.29) is 24.3 Å². The first-order valence-electron chi connectivity index (χ1n) is 7.27. The van der Waals surface area contributed by atoms with Crippen molar-refractivity contribution in [1.29, 1.82) is 5.26 Å². The summed E-state index contributed by atoms with van der Waals surface area (Å²) in [5.41, 5.74) is 0.960. The third-order valence-corrected chi connectivity index (χ3v) is 4.53. The number of nitrogens with zero attached hydrogens (tertiary/aromatic N) is 2. The Morgan fingerprint density at radius 1 is 1.32 bits per heavy atom. The molecular weight excluding hydrogens is 346 g/mol. The zero-order valence-corrected chi connectivity index (χ0v) is 13.8. The van der Waals surface area contributed by atoms with Gasteiger partial charge in [0.1, 0.15) is 6.42 Å². The fourth-order valence-corrected chi connectivity index (χ4v) is 2.97. The van der Waals surface area contributed by atoms with Gasteiger partial charge in [-0.2, -0.15) is 5.26 Å². The number of carbonyl (C=O) groups is 2. The first-order chi connectivity index (χ1) is 10.6. The van der Waals surface area contributed by atoms with E-state index in [2.05, 4.69) is 21.2 Å². The van der Waals surface area contributed by atoms with Crippen LogP contribution in [0.25, 0.3) is 0 Å². The van der Waals surface area contributed by atoms with Crippen molar-refractivity contribution in [1.82, 2.24) is 10.2 Å². The van der Waals surface area contributed by atoms with Gasteiger partial charge >= 0.3 is 0 Å². The molecule has 0 atom stereocenters. The van der Waals surface area contributed by atoms with Crippen LogP contribution in [0.4, 0.5) is 0 Å². The van der Waals surface area contributed by atoms with Gasteiger partial charge in [-0.3, -0.25) is 9.59 Å². The van der Waals surface area contributed by atoms with Crippen LogP contribution in [0.5, 0.6) is 0 Å². The fraction of sp³-hybridized carbons (Fsp3) is 0.438. The maximum atomic E-state index is 12.1. The average molecular weight is 364 g/mol. The van der Waals surface area contributed by atoms with E-state index in [0.717, 1.165) is 22.9 Å². The van der Waals surface area contributed by atoms with Gasteiger partial charge in [0.15, 0.2) is 0 Å². The lowest BCUT2D eigenvalue weighted by atomic mass is 10.0. The van der Waals surface area contributed by atoms with Gasteiger partial charge in [0.05, 0.1) is 12.5 Å². The number of nitriles is 1. The second-order valence-corrected chi connectivity index (χ2v) is 6.18. The van der Waals surface area contributed by atoms with Crippen LogP contribution in [0.2, 0.25) is 0 Å². The Morgan fingerprint density at radius 2 is 2.00 bits per heavy atom. The maximum absolute atomic E-state index is 12.1.